The van der Waals surface area contributed by atoms with E-state index in [2.05, 4.69) is 15.5 Å². The molecule has 2 aliphatic heterocycles. The van der Waals surface area contributed by atoms with Crippen LogP contribution in [0.25, 0.3) is 0 Å². The molecule has 0 bridgehead atoms. The number of nitrogens with zero attached hydrogens (tertiary/aromatic N) is 1. The van der Waals surface area contributed by atoms with Crippen molar-refractivity contribution < 1.29 is 14.3 Å². The van der Waals surface area contributed by atoms with Crippen molar-refractivity contribution >= 4 is 23.2 Å². The Bertz CT molecular complexity index is 852. The van der Waals surface area contributed by atoms with Gasteiger partial charge in [-0.05, 0) is 43.2 Å². The molecule has 6 heteroatoms. The number of nitrogens with one attached hydrogen (secondary N) is 2. The Balaban J connectivity index is 1.37. The van der Waals surface area contributed by atoms with Crippen molar-refractivity contribution in [2.45, 2.75) is 25.4 Å². The van der Waals surface area contributed by atoms with Crippen molar-refractivity contribution in [1.29, 1.82) is 0 Å². The molecule has 0 spiro atoms. The number of amides is 2. The third kappa shape index (κ3) is 3.22. The van der Waals surface area contributed by atoms with Gasteiger partial charge in [0.2, 0.25) is 5.91 Å². The quantitative estimate of drug-likeness (QED) is 0.885. The van der Waals surface area contributed by atoms with Crippen LogP contribution >= 0.6 is 0 Å². The van der Waals surface area contributed by atoms with Crippen LogP contribution in [-0.2, 0) is 9.59 Å². The molecule has 2 aromatic rings. The first-order valence-corrected chi connectivity index (χ1v) is 8.75. The Morgan fingerprint density at radius 2 is 2.12 bits per heavy atom. The summed E-state index contributed by atoms with van der Waals surface area (Å²) in [5.74, 6) is 0.485. The lowest BCUT2D eigenvalue weighted by Crippen LogP contribution is -2.44. The van der Waals surface area contributed by atoms with E-state index in [1.54, 1.807) is 0 Å². The van der Waals surface area contributed by atoms with Gasteiger partial charge in [0, 0.05) is 12.6 Å². The number of ether oxygens (including phenoxy) is 1. The van der Waals surface area contributed by atoms with Gasteiger partial charge in [-0.25, -0.2) is 0 Å². The molecule has 2 heterocycles. The number of carbonyl (C=O) groups excluding carboxylic acids is 2. The molecule has 1 saturated heterocycles. The lowest BCUT2D eigenvalue weighted by atomic mass is 10.1. The molecule has 26 heavy (non-hydrogen) atoms. The van der Waals surface area contributed by atoms with Gasteiger partial charge in [0.1, 0.15) is 11.8 Å². The predicted octanol–water partition coefficient (Wildman–Crippen LogP) is 2.09. The Hall–Kier alpha value is -3.02. The number of benzene rings is 2. The molecular weight excluding hydrogens is 330 g/mol. The maximum absolute atomic E-state index is 12.3. The molecule has 2 aromatic carbocycles. The maximum atomic E-state index is 12.3. The van der Waals surface area contributed by atoms with Gasteiger partial charge in [-0.1, -0.05) is 24.3 Å². The molecule has 0 aromatic heterocycles. The number of carbonyl (C=O) groups is 2. The van der Waals surface area contributed by atoms with E-state index in [1.165, 1.54) is 0 Å². The van der Waals surface area contributed by atoms with Crippen molar-refractivity contribution in [3.63, 3.8) is 0 Å². The minimum absolute atomic E-state index is 0.0172. The SMILES string of the molecule is Cc1cccc(OCC(=O)NC2CC3C(=O)Nc4ccccc4N3C2)c1. The molecule has 2 aliphatic rings. The summed E-state index contributed by atoms with van der Waals surface area (Å²) in [6.45, 7) is 2.56. The van der Waals surface area contributed by atoms with Gasteiger partial charge >= 0.3 is 0 Å². The molecule has 2 amide bonds. The number of rotatable bonds is 4. The first-order valence-electron chi connectivity index (χ1n) is 8.75. The minimum Gasteiger partial charge on any atom is -0.484 e. The maximum Gasteiger partial charge on any atom is 0.258 e. The van der Waals surface area contributed by atoms with Crippen molar-refractivity contribution in [2.75, 3.05) is 23.4 Å². The van der Waals surface area contributed by atoms with Crippen LogP contribution in [0.4, 0.5) is 11.4 Å². The van der Waals surface area contributed by atoms with Crippen LogP contribution < -0.4 is 20.3 Å². The van der Waals surface area contributed by atoms with E-state index in [9.17, 15) is 9.59 Å². The summed E-state index contributed by atoms with van der Waals surface area (Å²) in [6.07, 6.45) is 0.594. The fourth-order valence-electron chi connectivity index (χ4n) is 3.62. The smallest absolute Gasteiger partial charge is 0.258 e. The molecule has 0 aliphatic carbocycles. The van der Waals surface area contributed by atoms with Crippen LogP contribution in [0, 0.1) is 6.92 Å². The first kappa shape index (κ1) is 16.4. The zero-order chi connectivity index (χ0) is 18.1. The second-order valence-electron chi connectivity index (χ2n) is 6.78. The number of aryl methyl sites for hydroxylation is 1. The molecule has 2 atom stereocenters. The van der Waals surface area contributed by atoms with Gasteiger partial charge in [0.25, 0.3) is 5.91 Å². The molecular formula is C20H21N3O3. The van der Waals surface area contributed by atoms with E-state index in [0.29, 0.717) is 18.7 Å². The standard InChI is InChI=1S/C20H21N3O3/c1-13-5-4-6-15(9-13)26-12-19(24)21-14-10-18-20(25)22-16-7-2-3-8-17(16)23(18)11-14/h2-9,14,18H,10-12H2,1H3,(H,21,24)(H,22,25). The van der Waals surface area contributed by atoms with Gasteiger partial charge in [0.15, 0.2) is 6.61 Å². The fourth-order valence-corrected chi connectivity index (χ4v) is 3.62. The number of hydrogen-bond donors (Lipinski definition) is 2. The highest BCUT2D eigenvalue weighted by atomic mass is 16.5. The first-order chi connectivity index (χ1) is 12.6. The highest BCUT2D eigenvalue weighted by Gasteiger charge is 2.41. The summed E-state index contributed by atoms with van der Waals surface area (Å²) in [6, 6.07) is 15.0. The van der Waals surface area contributed by atoms with Crippen LogP contribution in [0.2, 0.25) is 0 Å². The Morgan fingerprint density at radius 3 is 2.96 bits per heavy atom. The minimum atomic E-state index is -0.243. The molecule has 134 valence electrons. The second kappa shape index (κ2) is 6.71. The van der Waals surface area contributed by atoms with Gasteiger partial charge in [0.05, 0.1) is 11.4 Å². The lowest BCUT2D eigenvalue weighted by molar-refractivity contribution is -0.124. The largest absolute Gasteiger partial charge is 0.484 e. The molecule has 4 rings (SSSR count). The van der Waals surface area contributed by atoms with Gasteiger partial charge in [-0.2, -0.15) is 0 Å². The molecule has 1 fully saturated rings. The Labute approximate surface area is 152 Å². The molecule has 0 radical (unpaired) electrons. The van der Waals surface area contributed by atoms with E-state index in [-0.39, 0.29) is 30.5 Å². The summed E-state index contributed by atoms with van der Waals surface area (Å²) in [5, 5.41) is 5.92. The highest BCUT2D eigenvalue weighted by molar-refractivity contribution is 6.04. The van der Waals surface area contributed by atoms with Crippen LogP contribution in [-0.4, -0.2) is 37.0 Å². The summed E-state index contributed by atoms with van der Waals surface area (Å²) < 4.78 is 5.55. The summed E-state index contributed by atoms with van der Waals surface area (Å²) in [7, 11) is 0. The van der Waals surface area contributed by atoms with Gasteiger partial charge in [-0.3, -0.25) is 9.59 Å². The molecule has 2 unspecified atom stereocenters. The second-order valence-corrected chi connectivity index (χ2v) is 6.78. The Morgan fingerprint density at radius 1 is 1.27 bits per heavy atom. The van der Waals surface area contributed by atoms with Crippen molar-refractivity contribution in [3.8, 4) is 5.75 Å². The van der Waals surface area contributed by atoms with Crippen molar-refractivity contribution in [2.24, 2.45) is 0 Å². The van der Waals surface area contributed by atoms with Crippen LogP contribution in [0.3, 0.4) is 0 Å². The van der Waals surface area contributed by atoms with E-state index in [0.717, 1.165) is 16.9 Å². The monoisotopic (exact) mass is 351 g/mol. The van der Waals surface area contributed by atoms with Crippen molar-refractivity contribution in [1.82, 2.24) is 5.32 Å². The zero-order valence-corrected chi connectivity index (χ0v) is 14.6. The number of para-hydroxylation sites is 2. The molecule has 2 N–H and O–H groups in total. The number of fused-ring (bicyclic) bond motifs is 3. The number of anilines is 2. The Kier molecular flexibility index (Phi) is 4.24. The van der Waals surface area contributed by atoms with Crippen LogP contribution in [0.15, 0.2) is 48.5 Å². The predicted molar refractivity (Wildman–Crippen MR) is 99.4 cm³/mol. The van der Waals surface area contributed by atoms with E-state index >= 15 is 0 Å². The van der Waals surface area contributed by atoms with E-state index < -0.39 is 0 Å². The fraction of sp³-hybridized carbons (Fsp3) is 0.300. The zero-order valence-electron chi connectivity index (χ0n) is 14.6. The van der Waals surface area contributed by atoms with E-state index in [4.69, 9.17) is 4.74 Å². The van der Waals surface area contributed by atoms with E-state index in [1.807, 2.05) is 55.5 Å². The average molecular weight is 351 g/mol. The molecule has 0 saturated carbocycles. The topological polar surface area (TPSA) is 70.7 Å². The summed E-state index contributed by atoms with van der Waals surface area (Å²) >= 11 is 0. The van der Waals surface area contributed by atoms with Gasteiger partial charge < -0.3 is 20.3 Å². The lowest BCUT2D eigenvalue weighted by Gasteiger charge is -2.32. The van der Waals surface area contributed by atoms with Crippen LogP contribution in [0.5, 0.6) is 5.75 Å². The van der Waals surface area contributed by atoms with Gasteiger partial charge in [-0.15, -0.1) is 0 Å². The molecule has 6 nitrogen and oxygen atoms in total. The summed E-state index contributed by atoms with van der Waals surface area (Å²) in [5.41, 5.74) is 2.91. The van der Waals surface area contributed by atoms with Crippen molar-refractivity contribution in [3.05, 3.63) is 54.1 Å². The third-order valence-corrected chi connectivity index (χ3v) is 4.80. The average Bonchev–Trinajstić information content (AvgIpc) is 3.05. The third-order valence-electron chi connectivity index (χ3n) is 4.80. The normalized spacial score (nSPS) is 20.8. The highest BCUT2D eigenvalue weighted by Crippen LogP contribution is 2.36. The summed E-state index contributed by atoms with van der Waals surface area (Å²) in [4.78, 5) is 26.6. The number of hydrogen-bond acceptors (Lipinski definition) is 4. The van der Waals surface area contributed by atoms with Crippen LogP contribution in [0.1, 0.15) is 12.0 Å².